The molecule has 0 amide bonds. The molecule has 0 aliphatic heterocycles. The van der Waals surface area contributed by atoms with Crippen molar-refractivity contribution in [1.29, 1.82) is 0 Å². The molecular formula is C27H24F5N7OSe. The molecule has 8 nitrogen and oxygen atoms in total. The van der Waals surface area contributed by atoms with E-state index in [2.05, 4.69) is 19.9 Å². The molecule has 0 radical (unpaired) electrons. The van der Waals surface area contributed by atoms with Crippen LogP contribution in [0.15, 0.2) is 37.1 Å². The predicted octanol–water partition coefficient (Wildman–Crippen LogP) is 6.24. The second-order valence-corrected chi connectivity index (χ2v) is 12.6. The molecule has 0 unspecified atom stereocenters. The third kappa shape index (κ3) is 5.38. The van der Waals surface area contributed by atoms with Crippen molar-refractivity contribution in [1.82, 2.24) is 34.1 Å². The average molecular weight is 636 g/mol. The van der Waals surface area contributed by atoms with Gasteiger partial charge >= 0.3 is 237 Å². The molecule has 1 aliphatic carbocycles. The van der Waals surface area contributed by atoms with Crippen LogP contribution < -0.4 is 4.74 Å². The number of nitrogens with zero attached hydrogens (tertiary/aromatic N) is 7. The molecule has 41 heavy (non-hydrogen) atoms. The minimum absolute atomic E-state index is 0.105. The Morgan fingerprint density at radius 1 is 1.07 bits per heavy atom. The van der Waals surface area contributed by atoms with Gasteiger partial charge in [-0.2, -0.15) is 0 Å². The number of hydrogen-bond donors (Lipinski definition) is 0. The minimum atomic E-state index is -4.53. The van der Waals surface area contributed by atoms with Crippen LogP contribution in [0.2, 0.25) is 0 Å². The summed E-state index contributed by atoms with van der Waals surface area (Å²) in [6, 6.07) is 3.55. The molecule has 5 aromatic rings. The molecule has 0 saturated heterocycles. The van der Waals surface area contributed by atoms with Crippen LogP contribution in [0.1, 0.15) is 60.0 Å². The number of aromatic nitrogens is 7. The SMILES string of the molecule is Cc1cn(Cc2ccc(-c3nc(C(F)(F)F)cn3C(C)C)[se]2)c2nc(-c3c(OC(F)F)ncnc3C3CC3)ncc12. The Morgan fingerprint density at radius 2 is 1.85 bits per heavy atom. The van der Waals surface area contributed by atoms with Crippen molar-refractivity contribution in [2.24, 2.45) is 0 Å². The van der Waals surface area contributed by atoms with Gasteiger partial charge in [-0.1, -0.05) is 0 Å². The summed E-state index contributed by atoms with van der Waals surface area (Å²) in [6.07, 6.45) is 3.07. The summed E-state index contributed by atoms with van der Waals surface area (Å²) in [5.74, 6) is 0.354. The Labute approximate surface area is 237 Å². The summed E-state index contributed by atoms with van der Waals surface area (Å²) >= 11 is -0.272. The first-order valence-corrected chi connectivity index (χ1v) is 14.6. The standard InChI is InChI=1S/C27H24F5N7OSe/c1-13(2)39-11-19(27(30,31)32)36-24(39)18-7-6-16(41-18)10-38-9-14(3)17-8-33-22(37-23(17)38)20-21(15-4-5-15)34-12-35-25(20)40-26(28)29/h6-9,11-13,15,26H,4-5,10H2,1-3H3. The summed E-state index contributed by atoms with van der Waals surface area (Å²) < 4.78 is 76.5. The second kappa shape index (κ2) is 10.3. The predicted molar refractivity (Wildman–Crippen MR) is 141 cm³/mol. The molecule has 14 heteroatoms. The molecule has 0 N–H and O–H groups in total. The third-order valence-corrected chi connectivity index (χ3v) is 9.07. The number of halogens is 5. The molecular weight excluding hydrogens is 612 g/mol. The van der Waals surface area contributed by atoms with Gasteiger partial charge in [-0.05, 0) is 0 Å². The van der Waals surface area contributed by atoms with Gasteiger partial charge in [0.05, 0.1) is 0 Å². The van der Waals surface area contributed by atoms with Gasteiger partial charge in [-0.3, -0.25) is 0 Å². The van der Waals surface area contributed by atoms with Gasteiger partial charge in [0, 0.05) is 0 Å². The van der Waals surface area contributed by atoms with Gasteiger partial charge in [0.25, 0.3) is 0 Å². The van der Waals surface area contributed by atoms with Crippen LogP contribution in [0.25, 0.3) is 32.7 Å². The number of hydrogen-bond acceptors (Lipinski definition) is 6. The number of rotatable bonds is 8. The van der Waals surface area contributed by atoms with Gasteiger partial charge in [0.1, 0.15) is 0 Å². The Kier molecular flexibility index (Phi) is 6.93. The van der Waals surface area contributed by atoms with Crippen LogP contribution in [0, 0.1) is 6.92 Å². The first-order valence-electron chi connectivity index (χ1n) is 12.9. The molecule has 5 aromatic heterocycles. The van der Waals surface area contributed by atoms with E-state index in [4.69, 9.17) is 9.72 Å². The zero-order valence-electron chi connectivity index (χ0n) is 22.2. The number of fused-ring (bicyclic) bond motifs is 1. The quantitative estimate of drug-likeness (QED) is 0.148. The Balaban J connectivity index is 1.38. The van der Waals surface area contributed by atoms with Crippen molar-refractivity contribution >= 4 is 25.5 Å². The summed E-state index contributed by atoms with van der Waals surface area (Å²) in [6.45, 7) is 2.93. The molecule has 0 aromatic carbocycles. The number of aryl methyl sites for hydroxylation is 1. The van der Waals surface area contributed by atoms with E-state index >= 15 is 0 Å². The Morgan fingerprint density at radius 3 is 2.54 bits per heavy atom. The fourth-order valence-corrected chi connectivity index (χ4v) is 6.86. The molecule has 0 bridgehead atoms. The van der Waals surface area contributed by atoms with E-state index in [1.54, 1.807) is 10.8 Å². The number of ether oxygens (including phenoxy) is 1. The fraction of sp³-hybridized carbons (Fsp3) is 0.370. The molecule has 0 spiro atoms. The van der Waals surface area contributed by atoms with Crippen LogP contribution >= 0.6 is 0 Å². The van der Waals surface area contributed by atoms with Gasteiger partial charge < -0.3 is 0 Å². The first kappa shape index (κ1) is 27.5. The average Bonchev–Trinajstić information content (AvgIpc) is 3.33. The van der Waals surface area contributed by atoms with Crippen molar-refractivity contribution in [2.75, 3.05) is 0 Å². The van der Waals surface area contributed by atoms with E-state index in [1.807, 2.05) is 43.7 Å². The van der Waals surface area contributed by atoms with Crippen LogP contribution in [-0.2, 0) is 12.7 Å². The van der Waals surface area contributed by atoms with E-state index in [-0.39, 0.29) is 43.7 Å². The van der Waals surface area contributed by atoms with Crippen molar-refractivity contribution < 1.29 is 26.7 Å². The topological polar surface area (TPSA) is 83.5 Å². The molecule has 1 aliphatic rings. The van der Waals surface area contributed by atoms with Crippen LogP contribution in [0.5, 0.6) is 5.88 Å². The van der Waals surface area contributed by atoms with E-state index < -0.39 is 18.5 Å². The normalized spacial score (nSPS) is 14.1. The number of imidazole rings is 1. The van der Waals surface area contributed by atoms with Crippen LogP contribution in [0.4, 0.5) is 22.0 Å². The zero-order chi connectivity index (χ0) is 29.1. The van der Waals surface area contributed by atoms with Gasteiger partial charge in [-0.15, -0.1) is 0 Å². The van der Waals surface area contributed by atoms with Crippen molar-refractivity contribution in [2.45, 2.75) is 64.9 Å². The van der Waals surface area contributed by atoms with Crippen molar-refractivity contribution in [3.63, 3.8) is 0 Å². The van der Waals surface area contributed by atoms with Crippen LogP contribution in [0.3, 0.4) is 0 Å². The van der Waals surface area contributed by atoms with Crippen LogP contribution in [-0.4, -0.2) is 55.2 Å². The monoisotopic (exact) mass is 637 g/mol. The number of alkyl halides is 5. The van der Waals surface area contributed by atoms with Gasteiger partial charge in [0.15, 0.2) is 0 Å². The third-order valence-electron chi connectivity index (χ3n) is 6.83. The summed E-state index contributed by atoms with van der Waals surface area (Å²) in [5, 5.41) is 0.791. The fourth-order valence-electron chi connectivity index (χ4n) is 4.76. The zero-order valence-corrected chi connectivity index (χ0v) is 23.9. The maximum absolute atomic E-state index is 13.4. The Hall–Kier alpha value is -3.64. The molecule has 5 heterocycles. The molecule has 1 saturated carbocycles. The van der Waals surface area contributed by atoms with E-state index in [9.17, 15) is 22.0 Å². The Bertz CT molecular complexity index is 1740. The van der Waals surface area contributed by atoms with Gasteiger partial charge in [0.2, 0.25) is 0 Å². The summed E-state index contributed by atoms with van der Waals surface area (Å²) in [4.78, 5) is 21.4. The van der Waals surface area contributed by atoms with E-state index in [1.165, 1.54) is 6.33 Å². The molecule has 214 valence electrons. The van der Waals surface area contributed by atoms with E-state index in [0.29, 0.717) is 23.7 Å². The molecule has 1 fully saturated rings. The molecule has 6 rings (SSSR count). The maximum atomic E-state index is 13.4. The second-order valence-electron chi connectivity index (χ2n) is 10.2. The molecule has 0 atom stereocenters. The van der Waals surface area contributed by atoms with E-state index in [0.717, 1.165) is 38.9 Å². The summed E-state index contributed by atoms with van der Waals surface area (Å²) in [5.41, 5.74) is 1.45. The van der Waals surface area contributed by atoms with Gasteiger partial charge in [-0.25, -0.2) is 0 Å². The van der Waals surface area contributed by atoms with Crippen molar-refractivity contribution in [3.8, 4) is 27.5 Å². The first-order chi connectivity index (χ1) is 19.5. The van der Waals surface area contributed by atoms with Crippen molar-refractivity contribution in [3.05, 3.63) is 58.4 Å². The summed E-state index contributed by atoms with van der Waals surface area (Å²) in [7, 11) is 0.